The van der Waals surface area contributed by atoms with Gasteiger partial charge in [0.25, 0.3) is 0 Å². The summed E-state index contributed by atoms with van der Waals surface area (Å²) in [5.41, 5.74) is 32.0. The Labute approximate surface area is 621 Å². The number of hydrogen-bond acceptors (Lipinski definition) is 6. The quantitative estimate of drug-likeness (QED) is 0.0792. The normalized spacial score (nSPS) is 12.2. The van der Waals surface area contributed by atoms with Crippen LogP contribution >= 0.6 is 63.7 Å². The van der Waals surface area contributed by atoms with Gasteiger partial charge in [-0.2, -0.15) is 0 Å². The minimum Gasteiger partial charge on any atom is -0.354 e. The van der Waals surface area contributed by atoms with E-state index in [-0.39, 0.29) is 0 Å². The van der Waals surface area contributed by atoms with Crippen LogP contribution in [0, 0.1) is 0 Å². The van der Waals surface area contributed by atoms with Crippen molar-refractivity contribution in [2.24, 2.45) is 0 Å². The average Bonchev–Trinajstić information content (AvgIpc) is 1.57. The summed E-state index contributed by atoms with van der Waals surface area (Å²) in [4.78, 5) is 28.1. The summed E-state index contributed by atoms with van der Waals surface area (Å²) >= 11 is 16.5. The Morgan fingerprint density at radius 2 is 0.660 bits per heavy atom. The Balaban J connectivity index is 1.18. The lowest BCUT2D eigenvalue weighted by Gasteiger charge is -2.16. The predicted octanol–water partition coefficient (Wildman–Crippen LogP) is 23.6. The summed E-state index contributed by atoms with van der Waals surface area (Å²) in [7, 11) is 16.8. The summed E-state index contributed by atoms with van der Waals surface area (Å²) in [6, 6.07) is 67.0. The zero-order valence-corrected chi connectivity index (χ0v) is 64.0. The van der Waals surface area contributed by atoms with Crippen molar-refractivity contribution in [1.29, 1.82) is 0 Å². The summed E-state index contributed by atoms with van der Waals surface area (Å²) < 4.78 is 3.24. The van der Waals surface area contributed by atoms with E-state index in [1.54, 1.807) is 0 Å². The van der Waals surface area contributed by atoms with Crippen molar-refractivity contribution in [3.05, 3.63) is 295 Å². The molecule has 5 heterocycles. The molecule has 0 fully saturated rings. The molecule has 8 aromatic carbocycles. The maximum absolute atomic E-state index is 5.99. The molecule has 2 aliphatic heterocycles. The van der Waals surface area contributed by atoms with Crippen LogP contribution in [0.4, 0.5) is 0 Å². The molecule has 498 valence electrons. The van der Waals surface area contributed by atoms with Gasteiger partial charge in [-0.25, -0.2) is 9.97 Å². The fourth-order valence-electron chi connectivity index (χ4n) is 13.8. The highest BCUT2D eigenvalue weighted by Crippen LogP contribution is 2.51. The lowest BCUT2D eigenvalue weighted by Crippen LogP contribution is -2.10. The molecule has 2 aliphatic rings. The van der Waals surface area contributed by atoms with Crippen molar-refractivity contribution in [1.82, 2.24) is 39.5 Å². The molecule has 0 spiro atoms. The van der Waals surface area contributed by atoms with Gasteiger partial charge in [0.15, 0.2) is 0 Å². The maximum Gasteiger partial charge on any atom is 0.0950 e. The Kier molecular flexibility index (Phi) is 20.7. The first-order valence-electron chi connectivity index (χ1n) is 33.2. The number of aromatic nitrogens is 4. The second-order valence-electron chi connectivity index (χ2n) is 26.7. The smallest absolute Gasteiger partial charge is 0.0950 e. The lowest BCUT2D eigenvalue weighted by atomic mass is 9.88. The van der Waals surface area contributed by atoms with Crippen LogP contribution in [0.5, 0.6) is 0 Å². The fraction of sp³-hybridized carbons (Fsp3) is 0.136. The van der Waals surface area contributed by atoms with Gasteiger partial charge in [0.2, 0.25) is 0 Å². The Morgan fingerprint density at radius 1 is 0.330 bits per heavy atom. The van der Waals surface area contributed by atoms with Crippen LogP contribution < -0.4 is 0 Å². The molecule has 8 bridgehead atoms. The predicted molar refractivity (Wildman–Crippen MR) is 442 cm³/mol. The third-order valence-electron chi connectivity index (χ3n) is 18.3. The Morgan fingerprint density at radius 3 is 1.03 bits per heavy atom. The molecule has 2 N–H and O–H groups in total. The van der Waals surface area contributed by atoms with E-state index in [4.69, 9.17) is 9.97 Å². The summed E-state index contributed by atoms with van der Waals surface area (Å²) in [5.74, 6) is 0. The Bertz CT molecular complexity index is 5300. The Hall–Kier alpha value is -8.92. The van der Waals surface area contributed by atoms with Crippen LogP contribution in [0.3, 0.4) is 0 Å². The van der Waals surface area contributed by atoms with E-state index in [1.165, 1.54) is 22.3 Å². The molecule has 12 heteroatoms. The molecule has 13 rings (SSSR count). The number of benzene rings is 8. The van der Waals surface area contributed by atoms with Gasteiger partial charge in [0.1, 0.15) is 0 Å². The number of hydrogen-bond donors (Lipinski definition) is 2. The molecule has 11 aromatic rings. The van der Waals surface area contributed by atoms with E-state index < -0.39 is 0 Å². The molecule has 0 aliphatic carbocycles. The van der Waals surface area contributed by atoms with Crippen molar-refractivity contribution in [2.75, 3.05) is 56.4 Å². The largest absolute Gasteiger partial charge is 0.354 e. The highest BCUT2D eigenvalue weighted by molar-refractivity contribution is 9.15. The van der Waals surface area contributed by atoms with Gasteiger partial charge in [-0.1, -0.05) is 196 Å². The molecule has 3 aromatic heterocycles. The zero-order chi connectivity index (χ0) is 70.2. The first-order chi connectivity index (χ1) is 48.3. The van der Waals surface area contributed by atoms with Gasteiger partial charge < -0.3 is 29.6 Å². The van der Waals surface area contributed by atoms with E-state index in [0.29, 0.717) is 5.69 Å². The topological polar surface area (TPSA) is 70.3 Å². The number of aromatic amines is 2. The molecule has 100 heavy (non-hydrogen) atoms. The molecular formula is C88H78Br4N8. The molecule has 0 amide bonds. The monoisotopic (exact) mass is 1560 g/mol. The second-order valence-corrected chi connectivity index (χ2v) is 29.9. The van der Waals surface area contributed by atoms with Gasteiger partial charge in [-0.05, 0) is 280 Å². The van der Waals surface area contributed by atoms with Gasteiger partial charge >= 0.3 is 0 Å². The number of nitrogens with one attached hydrogen (secondary N) is 2. The lowest BCUT2D eigenvalue weighted by molar-refractivity contribution is 0.402. The summed E-state index contributed by atoms with van der Waals surface area (Å²) in [5, 5.41) is 0. The number of fused-ring (bicyclic) bond motifs is 8. The van der Waals surface area contributed by atoms with Crippen molar-refractivity contribution in [2.45, 2.75) is 26.2 Å². The molecule has 0 saturated carbocycles. The van der Waals surface area contributed by atoms with Gasteiger partial charge in [0, 0.05) is 54.0 Å². The molecule has 0 unspecified atom stereocenters. The van der Waals surface area contributed by atoms with Crippen LogP contribution in [0.15, 0.2) is 222 Å². The minimum atomic E-state index is 0.701. The van der Waals surface area contributed by atoms with Crippen LogP contribution in [0.2, 0.25) is 0 Å². The fourth-order valence-corrected chi connectivity index (χ4v) is 16.5. The van der Waals surface area contributed by atoms with Gasteiger partial charge in [0.05, 0.1) is 57.2 Å². The van der Waals surface area contributed by atoms with E-state index in [1.807, 2.05) is 24.3 Å². The van der Waals surface area contributed by atoms with Crippen LogP contribution in [-0.4, -0.2) is 95.9 Å². The van der Waals surface area contributed by atoms with Gasteiger partial charge in [-0.3, -0.25) is 0 Å². The molecule has 8 nitrogen and oxygen atoms in total. The highest BCUT2D eigenvalue weighted by Gasteiger charge is 2.30. The molecule has 0 radical (unpaired) electrons. The van der Waals surface area contributed by atoms with Gasteiger partial charge in [-0.15, -0.1) is 0 Å². The van der Waals surface area contributed by atoms with E-state index in [0.717, 1.165) is 195 Å². The average molecular weight is 1570 g/mol. The molecule has 0 saturated heterocycles. The summed E-state index contributed by atoms with van der Waals surface area (Å²) in [6.45, 7) is 20.3. The van der Waals surface area contributed by atoms with E-state index >= 15 is 0 Å². The van der Waals surface area contributed by atoms with Crippen LogP contribution in [-0.2, 0) is 26.2 Å². The van der Waals surface area contributed by atoms with Crippen LogP contribution in [0.25, 0.3) is 146 Å². The number of H-pyrrole nitrogens is 2. The second kappa shape index (κ2) is 29.7. The minimum absolute atomic E-state index is 0.701. The SMILES string of the molecule is C=Cc1ccc(CN(C)C)cc1-c1ccc(C2=C(Br)c3nc2c(-c2ccc(-c4cc(CN(C)C)ccc4C=C)cc2)c2[nH]c(cc4nc(cc5[nH]c(c3Br)c(Br)c5Br)C=C4)c(-c3ccc(-c4cc(CN(C)C)ccc4C=C)cc3)c2-c2ccc(-c3cc(CN(C)C)ccc3C=C)cc2)cc1. The van der Waals surface area contributed by atoms with Crippen molar-refractivity contribution < 1.29 is 0 Å². The first-order valence-corrected chi connectivity index (χ1v) is 36.4. The molecule has 0 atom stereocenters. The maximum atomic E-state index is 5.99. The van der Waals surface area contributed by atoms with E-state index in [9.17, 15) is 0 Å². The van der Waals surface area contributed by atoms with Crippen molar-refractivity contribution in [3.8, 4) is 77.9 Å². The third kappa shape index (κ3) is 14.3. The van der Waals surface area contributed by atoms with Crippen molar-refractivity contribution >= 4 is 132 Å². The van der Waals surface area contributed by atoms with E-state index in [2.05, 4.69) is 370 Å². The first kappa shape index (κ1) is 69.6. The van der Waals surface area contributed by atoms with Crippen LogP contribution in [0.1, 0.15) is 72.8 Å². The number of rotatable bonds is 20. The van der Waals surface area contributed by atoms with Crippen molar-refractivity contribution in [3.63, 3.8) is 0 Å². The highest BCUT2D eigenvalue weighted by atomic mass is 79.9. The summed E-state index contributed by atoms with van der Waals surface area (Å²) in [6.07, 6.45) is 12.0. The number of halogens is 4. The zero-order valence-electron chi connectivity index (χ0n) is 57.6. The third-order valence-corrected chi connectivity index (χ3v) is 22.0. The standard InChI is InChI=1S/C88H78Br4N8/c1-13-57-21-17-53(49-97(5)6)43-71(57)61-25-33-65(34-26-61)77-75-47-69-41-42-70(93-69)48-76-81(89)83(91)88(95-76)84(92)87-82(90)79(67-37-29-63(30-38-67)73-45-55(51-99(9)10)19-23-59(73)15-3)86(96-87)80(68-39-31-64(32-40-68)74-46-56(52-100(11)12)20-24-60(74)16-4)85(94-75)78(77)66-35-27-62(28-36-66)72-44-54(50-98(7)8)18-22-58(72)14-2/h13-48,94-95H,1-4,49-52H2,5-12H3. The number of nitrogens with zero attached hydrogens (tertiary/aromatic N) is 6. The molecular weight excluding hydrogens is 1490 g/mol.